The number of rotatable bonds is 6. The van der Waals surface area contributed by atoms with Gasteiger partial charge in [-0.1, -0.05) is 0 Å². The Balaban J connectivity index is 1.78. The van der Waals surface area contributed by atoms with E-state index in [-0.39, 0.29) is 29.4 Å². The van der Waals surface area contributed by atoms with Gasteiger partial charge in [0.05, 0.1) is 36.5 Å². The van der Waals surface area contributed by atoms with Crippen molar-refractivity contribution < 1.29 is 33.1 Å². The Hall–Kier alpha value is -3.40. The van der Waals surface area contributed by atoms with Crippen LogP contribution in [0.5, 0.6) is 0 Å². The molecule has 2 aromatic rings. The first-order valence-electron chi connectivity index (χ1n) is 8.45. The lowest BCUT2D eigenvalue weighted by Crippen LogP contribution is -2.37. The second-order valence-electron chi connectivity index (χ2n) is 5.89. The number of methoxy groups -OCH3 is 1. The van der Waals surface area contributed by atoms with Gasteiger partial charge in [0.1, 0.15) is 12.4 Å². The molecule has 0 aliphatic carbocycles. The van der Waals surface area contributed by atoms with Crippen LogP contribution in [0, 0.1) is 10.1 Å². The Labute approximate surface area is 159 Å². The Bertz CT molecular complexity index is 885. The van der Waals surface area contributed by atoms with Crippen molar-refractivity contribution in [1.29, 1.82) is 0 Å². The van der Waals surface area contributed by atoms with Gasteiger partial charge in [0.2, 0.25) is 5.76 Å². The van der Waals surface area contributed by atoms with Crippen LogP contribution in [-0.4, -0.2) is 50.3 Å². The van der Waals surface area contributed by atoms with Crippen LogP contribution in [0.15, 0.2) is 34.7 Å². The molecule has 1 saturated heterocycles. The molecule has 2 heterocycles. The second kappa shape index (κ2) is 8.53. The molecule has 10 heteroatoms. The summed E-state index contributed by atoms with van der Waals surface area (Å²) < 4.78 is 20.3. The van der Waals surface area contributed by atoms with E-state index < -0.39 is 16.9 Å². The minimum absolute atomic E-state index is 0.0158. The number of nitro benzene ring substituents is 1. The van der Waals surface area contributed by atoms with Gasteiger partial charge in [0, 0.05) is 25.2 Å². The van der Waals surface area contributed by atoms with E-state index in [0.29, 0.717) is 32.0 Å². The molecule has 0 atom stereocenters. The number of nitrogens with zero attached hydrogens (tertiary/aromatic N) is 2. The second-order valence-corrected chi connectivity index (χ2v) is 5.89. The third kappa shape index (κ3) is 4.29. The molecule has 1 aromatic carbocycles. The summed E-state index contributed by atoms with van der Waals surface area (Å²) in [5.74, 6) is -1.16. The first-order chi connectivity index (χ1) is 13.5. The normalized spacial score (nSPS) is 13.8. The number of hydrogen-bond donors (Lipinski definition) is 0. The van der Waals surface area contributed by atoms with Gasteiger partial charge in [0.15, 0.2) is 0 Å². The first-order valence-corrected chi connectivity index (χ1v) is 8.45. The maximum absolute atomic E-state index is 12.6. The monoisotopic (exact) mass is 390 g/mol. The van der Waals surface area contributed by atoms with Gasteiger partial charge in [-0.2, -0.15) is 0 Å². The van der Waals surface area contributed by atoms with Crippen LogP contribution in [0.4, 0.5) is 11.4 Å². The van der Waals surface area contributed by atoms with Crippen LogP contribution in [-0.2, 0) is 20.8 Å². The lowest BCUT2D eigenvalue weighted by atomic mass is 10.1. The summed E-state index contributed by atoms with van der Waals surface area (Å²) in [6.07, 6.45) is 0. The summed E-state index contributed by atoms with van der Waals surface area (Å²) in [5.41, 5.74) is 0.402. The highest BCUT2D eigenvalue weighted by Crippen LogP contribution is 2.27. The Morgan fingerprint density at radius 2 is 1.93 bits per heavy atom. The van der Waals surface area contributed by atoms with E-state index in [1.54, 1.807) is 0 Å². The molecule has 3 rings (SSSR count). The summed E-state index contributed by atoms with van der Waals surface area (Å²) in [5, 5.41) is 11.1. The number of furan rings is 1. The van der Waals surface area contributed by atoms with Gasteiger partial charge in [0.25, 0.3) is 5.69 Å². The van der Waals surface area contributed by atoms with Crippen molar-refractivity contribution in [2.24, 2.45) is 0 Å². The van der Waals surface area contributed by atoms with Gasteiger partial charge < -0.3 is 23.5 Å². The molecule has 0 amide bonds. The largest absolute Gasteiger partial charge is 0.463 e. The molecule has 0 unspecified atom stereocenters. The molecule has 1 aliphatic rings. The molecule has 1 aromatic heterocycles. The van der Waals surface area contributed by atoms with Crippen LogP contribution < -0.4 is 4.90 Å². The average molecular weight is 390 g/mol. The molecular formula is C18H18N2O8. The van der Waals surface area contributed by atoms with Gasteiger partial charge in [-0.15, -0.1) is 0 Å². The summed E-state index contributed by atoms with van der Waals surface area (Å²) in [7, 11) is 1.22. The number of benzene rings is 1. The van der Waals surface area contributed by atoms with Gasteiger partial charge in [-0.05, 0) is 18.2 Å². The van der Waals surface area contributed by atoms with E-state index in [0.717, 1.165) is 0 Å². The van der Waals surface area contributed by atoms with E-state index in [4.69, 9.17) is 13.9 Å². The summed E-state index contributed by atoms with van der Waals surface area (Å²) >= 11 is 0. The number of anilines is 1. The minimum Gasteiger partial charge on any atom is -0.463 e. The smallest absolute Gasteiger partial charge is 0.373 e. The molecule has 0 radical (unpaired) electrons. The van der Waals surface area contributed by atoms with Gasteiger partial charge in [-0.25, -0.2) is 9.59 Å². The van der Waals surface area contributed by atoms with E-state index in [1.807, 2.05) is 4.90 Å². The summed E-state index contributed by atoms with van der Waals surface area (Å²) in [4.78, 5) is 36.5. The third-order valence-corrected chi connectivity index (χ3v) is 4.16. The zero-order chi connectivity index (χ0) is 20.1. The van der Waals surface area contributed by atoms with Crippen molar-refractivity contribution in [2.75, 3.05) is 38.3 Å². The van der Waals surface area contributed by atoms with E-state index in [9.17, 15) is 19.7 Å². The molecule has 10 nitrogen and oxygen atoms in total. The van der Waals surface area contributed by atoms with Crippen LogP contribution in [0.3, 0.4) is 0 Å². The molecule has 28 heavy (non-hydrogen) atoms. The van der Waals surface area contributed by atoms with Crippen LogP contribution in [0.2, 0.25) is 0 Å². The Kier molecular flexibility index (Phi) is 5.90. The average Bonchev–Trinajstić information content (AvgIpc) is 3.20. The lowest BCUT2D eigenvalue weighted by molar-refractivity contribution is -0.384. The van der Waals surface area contributed by atoms with Crippen molar-refractivity contribution in [1.82, 2.24) is 0 Å². The van der Waals surface area contributed by atoms with Gasteiger partial charge >= 0.3 is 11.9 Å². The highest BCUT2D eigenvalue weighted by atomic mass is 16.6. The van der Waals surface area contributed by atoms with Crippen molar-refractivity contribution in [3.63, 3.8) is 0 Å². The van der Waals surface area contributed by atoms with E-state index in [1.165, 1.54) is 37.4 Å². The maximum atomic E-state index is 12.6. The Morgan fingerprint density at radius 3 is 2.61 bits per heavy atom. The molecule has 0 bridgehead atoms. The number of hydrogen-bond acceptors (Lipinski definition) is 9. The first kappa shape index (κ1) is 19.4. The van der Waals surface area contributed by atoms with Crippen LogP contribution in [0.1, 0.15) is 26.7 Å². The number of esters is 2. The molecule has 0 saturated carbocycles. The number of morpholine rings is 1. The topological polar surface area (TPSA) is 121 Å². The Morgan fingerprint density at radius 1 is 1.18 bits per heavy atom. The molecule has 148 valence electrons. The molecule has 1 fully saturated rings. The fourth-order valence-electron chi connectivity index (χ4n) is 2.76. The highest BCUT2D eigenvalue weighted by Gasteiger charge is 2.23. The zero-order valence-electron chi connectivity index (χ0n) is 15.1. The van der Waals surface area contributed by atoms with E-state index >= 15 is 0 Å². The SMILES string of the molecule is COC(=O)c1ccc(COC(=O)c2cc([N+](=O)[O-])ccc2N2CCOCC2)o1. The van der Waals surface area contributed by atoms with Crippen molar-refractivity contribution in [3.05, 3.63) is 57.5 Å². The van der Waals surface area contributed by atoms with Crippen LogP contribution in [0.25, 0.3) is 0 Å². The standard InChI is InChI=1S/C18H18N2O8/c1-25-18(22)16-5-3-13(28-16)11-27-17(21)14-10-12(20(23)24)2-4-15(14)19-6-8-26-9-7-19/h2-5,10H,6-9,11H2,1H3. The van der Waals surface area contributed by atoms with Crippen LogP contribution >= 0.6 is 0 Å². The number of carbonyl (C=O) groups is 2. The minimum atomic E-state index is -0.735. The van der Waals surface area contributed by atoms with Crippen molar-refractivity contribution >= 4 is 23.3 Å². The summed E-state index contributed by atoms with van der Waals surface area (Å²) in [6, 6.07) is 6.95. The molecule has 0 spiro atoms. The molecule has 1 aliphatic heterocycles. The number of ether oxygens (including phenoxy) is 3. The predicted molar refractivity (Wildman–Crippen MR) is 95.3 cm³/mol. The van der Waals surface area contributed by atoms with Crippen molar-refractivity contribution in [3.8, 4) is 0 Å². The fourth-order valence-corrected chi connectivity index (χ4v) is 2.76. The zero-order valence-corrected chi connectivity index (χ0v) is 15.1. The number of nitro groups is 1. The maximum Gasteiger partial charge on any atom is 0.373 e. The van der Waals surface area contributed by atoms with Crippen molar-refractivity contribution in [2.45, 2.75) is 6.61 Å². The third-order valence-electron chi connectivity index (χ3n) is 4.16. The quantitative estimate of drug-likeness (QED) is 0.415. The number of non-ortho nitro benzene ring substituents is 1. The molecule has 0 N–H and O–H groups in total. The van der Waals surface area contributed by atoms with Gasteiger partial charge in [-0.3, -0.25) is 10.1 Å². The highest BCUT2D eigenvalue weighted by molar-refractivity contribution is 5.96. The number of carbonyl (C=O) groups excluding carboxylic acids is 2. The lowest BCUT2D eigenvalue weighted by Gasteiger charge is -2.30. The summed E-state index contributed by atoms with van der Waals surface area (Å²) in [6.45, 7) is 1.86. The molecular weight excluding hydrogens is 372 g/mol. The van der Waals surface area contributed by atoms with E-state index in [2.05, 4.69) is 4.74 Å². The predicted octanol–water partition coefficient (Wildman–Crippen LogP) is 2.17. The fraction of sp³-hybridized carbons (Fsp3) is 0.333.